The van der Waals surface area contributed by atoms with Gasteiger partial charge >= 0.3 is 0 Å². The summed E-state index contributed by atoms with van der Waals surface area (Å²) in [6, 6.07) is 7.10. The molecule has 0 fully saturated rings. The number of aryl methyl sites for hydroxylation is 1. The van der Waals surface area contributed by atoms with Gasteiger partial charge in [-0.3, -0.25) is 15.8 Å². The molecule has 0 bridgehead atoms. The fourth-order valence-corrected chi connectivity index (χ4v) is 1.95. The number of rotatable bonds is 3. The normalized spacial score (nSPS) is 13.8. The molecule has 0 aliphatic carbocycles. The monoisotopic (exact) mass is 282 g/mol. The lowest BCUT2D eigenvalue weighted by molar-refractivity contribution is 0.472. The van der Waals surface area contributed by atoms with Gasteiger partial charge in [-0.15, -0.1) is 0 Å². The Kier molecular flexibility index (Phi) is 3.46. The van der Waals surface area contributed by atoms with Gasteiger partial charge in [-0.1, -0.05) is 13.0 Å². The molecule has 0 atom stereocenters. The molecule has 0 aromatic carbocycles. The minimum absolute atomic E-state index is 0.105. The van der Waals surface area contributed by atoms with Gasteiger partial charge in [0.05, 0.1) is 6.20 Å². The van der Waals surface area contributed by atoms with E-state index in [-0.39, 0.29) is 5.75 Å². The summed E-state index contributed by atoms with van der Waals surface area (Å²) in [7, 11) is 0. The summed E-state index contributed by atoms with van der Waals surface area (Å²) >= 11 is 0. The van der Waals surface area contributed by atoms with Crippen LogP contribution in [0.1, 0.15) is 23.9 Å². The van der Waals surface area contributed by atoms with Crippen molar-refractivity contribution in [3.8, 4) is 5.75 Å². The van der Waals surface area contributed by atoms with Crippen LogP contribution in [-0.2, 0) is 6.42 Å². The van der Waals surface area contributed by atoms with E-state index in [2.05, 4.69) is 37.9 Å². The fraction of sp³-hybridized carbons (Fsp3) is 0.143. The third-order valence-electron chi connectivity index (χ3n) is 3.03. The summed E-state index contributed by atoms with van der Waals surface area (Å²) in [6.07, 6.45) is 3.94. The first-order valence-electron chi connectivity index (χ1n) is 6.55. The van der Waals surface area contributed by atoms with Gasteiger partial charge in [-0.05, 0) is 30.2 Å². The molecule has 0 amide bonds. The van der Waals surface area contributed by atoms with Crippen molar-refractivity contribution in [3.05, 3.63) is 53.6 Å². The van der Waals surface area contributed by atoms with E-state index >= 15 is 0 Å². The largest absolute Gasteiger partial charge is 0.506 e. The Morgan fingerprint density at radius 2 is 1.86 bits per heavy atom. The SMILES string of the molecule is CCc1cccnc1C1=NNC(c2ccc(O)cn2)=NN1. The Labute approximate surface area is 121 Å². The number of nitrogens with one attached hydrogen (secondary N) is 2. The number of nitrogens with zero attached hydrogens (tertiary/aromatic N) is 4. The molecule has 0 saturated heterocycles. The highest BCUT2D eigenvalue weighted by atomic mass is 16.3. The zero-order valence-corrected chi connectivity index (χ0v) is 11.4. The van der Waals surface area contributed by atoms with Gasteiger partial charge in [0.25, 0.3) is 0 Å². The molecule has 3 N–H and O–H groups in total. The van der Waals surface area contributed by atoms with E-state index in [1.807, 2.05) is 12.1 Å². The molecule has 7 nitrogen and oxygen atoms in total. The van der Waals surface area contributed by atoms with Gasteiger partial charge in [0.2, 0.25) is 0 Å². The van der Waals surface area contributed by atoms with Crippen LogP contribution in [0, 0.1) is 0 Å². The molecular weight excluding hydrogens is 268 g/mol. The highest BCUT2D eigenvalue weighted by Gasteiger charge is 2.15. The molecule has 0 saturated carbocycles. The number of hydrogen-bond donors (Lipinski definition) is 3. The molecule has 3 rings (SSSR count). The van der Waals surface area contributed by atoms with Gasteiger partial charge in [0.15, 0.2) is 11.7 Å². The second kappa shape index (κ2) is 5.58. The maximum Gasteiger partial charge on any atom is 0.192 e. The Bertz CT molecular complexity index is 708. The van der Waals surface area contributed by atoms with Gasteiger partial charge < -0.3 is 5.11 Å². The number of hydrazone groups is 2. The first-order valence-corrected chi connectivity index (χ1v) is 6.55. The van der Waals surface area contributed by atoms with Gasteiger partial charge in [-0.2, -0.15) is 10.2 Å². The second-order valence-electron chi connectivity index (χ2n) is 4.41. The van der Waals surface area contributed by atoms with Gasteiger partial charge in [0, 0.05) is 6.20 Å². The molecule has 0 spiro atoms. The molecule has 0 unspecified atom stereocenters. The van der Waals surface area contributed by atoms with Crippen LogP contribution in [0.25, 0.3) is 0 Å². The Morgan fingerprint density at radius 1 is 1.05 bits per heavy atom. The molecule has 1 aliphatic rings. The van der Waals surface area contributed by atoms with Crippen molar-refractivity contribution in [3.63, 3.8) is 0 Å². The summed E-state index contributed by atoms with van der Waals surface area (Å²) in [5, 5.41) is 17.7. The lowest BCUT2D eigenvalue weighted by Gasteiger charge is -2.15. The average Bonchev–Trinajstić information content (AvgIpc) is 2.56. The predicted molar refractivity (Wildman–Crippen MR) is 78.9 cm³/mol. The molecule has 1 aliphatic heterocycles. The van der Waals surface area contributed by atoms with Crippen molar-refractivity contribution in [1.29, 1.82) is 0 Å². The number of aromatic nitrogens is 2. The van der Waals surface area contributed by atoms with E-state index in [0.29, 0.717) is 17.4 Å². The summed E-state index contributed by atoms with van der Waals surface area (Å²) in [5.74, 6) is 1.15. The Balaban J connectivity index is 1.81. The number of aromatic hydroxyl groups is 1. The molecule has 2 aromatic rings. The van der Waals surface area contributed by atoms with E-state index < -0.39 is 0 Å². The minimum Gasteiger partial charge on any atom is -0.506 e. The van der Waals surface area contributed by atoms with E-state index in [1.165, 1.54) is 6.20 Å². The molecule has 2 aromatic heterocycles. The van der Waals surface area contributed by atoms with E-state index in [1.54, 1.807) is 18.3 Å². The summed E-state index contributed by atoms with van der Waals surface area (Å²) < 4.78 is 0. The van der Waals surface area contributed by atoms with Crippen molar-refractivity contribution >= 4 is 11.7 Å². The minimum atomic E-state index is 0.105. The van der Waals surface area contributed by atoms with Crippen LogP contribution in [-0.4, -0.2) is 26.7 Å². The number of amidine groups is 2. The number of pyridine rings is 2. The van der Waals surface area contributed by atoms with Crippen LogP contribution < -0.4 is 10.9 Å². The lowest BCUT2D eigenvalue weighted by Crippen LogP contribution is -2.35. The molecule has 21 heavy (non-hydrogen) atoms. The van der Waals surface area contributed by atoms with E-state index in [0.717, 1.165) is 17.7 Å². The second-order valence-corrected chi connectivity index (χ2v) is 4.41. The lowest BCUT2D eigenvalue weighted by atomic mass is 10.1. The Hall–Kier alpha value is -2.96. The zero-order valence-electron chi connectivity index (χ0n) is 11.4. The molecule has 7 heteroatoms. The molecule has 0 radical (unpaired) electrons. The molecular formula is C14H14N6O. The fourth-order valence-electron chi connectivity index (χ4n) is 1.95. The zero-order chi connectivity index (χ0) is 14.7. The summed E-state index contributed by atoms with van der Waals surface area (Å²) in [4.78, 5) is 8.40. The van der Waals surface area contributed by atoms with Crippen molar-refractivity contribution in [2.75, 3.05) is 0 Å². The van der Waals surface area contributed by atoms with Crippen molar-refractivity contribution in [2.24, 2.45) is 10.2 Å². The van der Waals surface area contributed by atoms with Crippen molar-refractivity contribution < 1.29 is 5.11 Å². The van der Waals surface area contributed by atoms with Gasteiger partial charge in [0.1, 0.15) is 17.1 Å². The smallest absolute Gasteiger partial charge is 0.192 e. The third-order valence-corrected chi connectivity index (χ3v) is 3.03. The van der Waals surface area contributed by atoms with Gasteiger partial charge in [-0.25, -0.2) is 4.98 Å². The quantitative estimate of drug-likeness (QED) is 0.779. The summed E-state index contributed by atoms with van der Waals surface area (Å²) in [5.41, 5.74) is 8.17. The van der Waals surface area contributed by atoms with Crippen LogP contribution in [0.5, 0.6) is 5.75 Å². The van der Waals surface area contributed by atoms with Crippen molar-refractivity contribution in [2.45, 2.75) is 13.3 Å². The first-order chi connectivity index (χ1) is 10.3. The standard InChI is InChI=1S/C14H14N6O/c1-2-9-4-3-7-15-12(9)14-19-17-13(18-20-14)11-6-5-10(21)8-16-11/h3-8,21H,2H2,1H3,(H,17,18)(H,19,20). The molecule has 3 heterocycles. The summed E-state index contributed by atoms with van der Waals surface area (Å²) in [6.45, 7) is 2.06. The van der Waals surface area contributed by atoms with Crippen molar-refractivity contribution in [1.82, 2.24) is 20.8 Å². The van der Waals surface area contributed by atoms with E-state index in [4.69, 9.17) is 0 Å². The van der Waals surface area contributed by atoms with E-state index in [9.17, 15) is 5.11 Å². The maximum absolute atomic E-state index is 9.23. The highest BCUT2D eigenvalue weighted by molar-refractivity contribution is 6.04. The highest BCUT2D eigenvalue weighted by Crippen LogP contribution is 2.09. The van der Waals surface area contributed by atoms with Crippen LogP contribution in [0.2, 0.25) is 0 Å². The first kappa shape index (κ1) is 13.0. The molecule has 106 valence electrons. The van der Waals surface area contributed by atoms with Crippen LogP contribution >= 0.6 is 0 Å². The average molecular weight is 282 g/mol. The van der Waals surface area contributed by atoms with Crippen LogP contribution in [0.15, 0.2) is 46.9 Å². The van der Waals surface area contributed by atoms with Crippen LogP contribution in [0.4, 0.5) is 0 Å². The topological polar surface area (TPSA) is 94.8 Å². The number of hydrogen-bond acceptors (Lipinski definition) is 7. The maximum atomic E-state index is 9.23. The van der Waals surface area contributed by atoms with Crippen LogP contribution in [0.3, 0.4) is 0 Å². The third kappa shape index (κ3) is 2.66. The Morgan fingerprint density at radius 3 is 2.52 bits per heavy atom. The predicted octanol–water partition coefficient (Wildman–Crippen LogP) is 0.961.